The molecule has 1 aliphatic heterocycles. The summed E-state index contributed by atoms with van der Waals surface area (Å²) in [5.74, 6) is 3.73. The van der Waals surface area contributed by atoms with Gasteiger partial charge in [-0.3, -0.25) is 4.79 Å². The van der Waals surface area contributed by atoms with Gasteiger partial charge >= 0.3 is 0 Å². The van der Waals surface area contributed by atoms with Crippen LogP contribution < -0.4 is 19.7 Å². The zero-order valence-electron chi connectivity index (χ0n) is 17.6. The summed E-state index contributed by atoms with van der Waals surface area (Å²) in [5, 5.41) is 6.81. The Morgan fingerprint density at radius 2 is 1.87 bits per heavy atom. The van der Waals surface area contributed by atoms with Crippen LogP contribution in [0.4, 0.5) is 5.69 Å². The minimum atomic E-state index is -0.297. The van der Waals surface area contributed by atoms with Crippen LogP contribution in [0.1, 0.15) is 16.1 Å². The van der Waals surface area contributed by atoms with E-state index in [0.717, 1.165) is 18.7 Å². The van der Waals surface area contributed by atoms with Gasteiger partial charge in [-0.15, -0.1) is 0 Å². The number of carbonyl (C=O) groups excluding carboxylic acids is 1. The summed E-state index contributed by atoms with van der Waals surface area (Å²) in [6.07, 6.45) is 0. The molecule has 0 unspecified atom stereocenters. The highest BCUT2D eigenvalue weighted by atomic mass is 32.2. The molecule has 7 nitrogen and oxygen atoms in total. The Labute approximate surface area is 185 Å². The van der Waals surface area contributed by atoms with E-state index in [2.05, 4.69) is 27.5 Å². The molecule has 2 heterocycles. The van der Waals surface area contributed by atoms with Gasteiger partial charge in [0.05, 0.1) is 19.8 Å². The van der Waals surface area contributed by atoms with Crippen molar-refractivity contribution in [3.05, 3.63) is 59.8 Å². The number of nitrogens with zero attached hydrogens (tertiary/aromatic N) is 2. The van der Waals surface area contributed by atoms with Crippen molar-refractivity contribution >= 4 is 23.4 Å². The molecule has 1 aliphatic rings. The Balaban J connectivity index is 1.39. The van der Waals surface area contributed by atoms with Crippen molar-refractivity contribution in [1.82, 2.24) is 10.5 Å². The van der Waals surface area contributed by atoms with Gasteiger partial charge in [-0.1, -0.05) is 17.3 Å². The molecule has 1 fully saturated rings. The smallest absolute Gasteiger partial charge is 0.273 e. The van der Waals surface area contributed by atoms with Crippen molar-refractivity contribution in [3.8, 4) is 22.8 Å². The van der Waals surface area contributed by atoms with Gasteiger partial charge in [0.25, 0.3) is 5.91 Å². The molecule has 1 amide bonds. The van der Waals surface area contributed by atoms with E-state index in [1.807, 2.05) is 23.9 Å². The molecule has 2 aromatic carbocycles. The van der Waals surface area contributed by atoms with E-state index in [4.69, 9.17) is 14.0 Å². The molecule has 8 heteroatoms. The number of nitrogens with one attached hydrogen (secondary N) is 1. The fraction of sp³-hybridized carbons (Fsp3) is 0.304. The minimum absolute atomic E-state index is 0.210. The fourth-order valence-electron chi connectivity index (χ4n) is 3.43. The highest BCUT2D eigenvalue weighted by Gasteiger charge is 2.17. The van der Waals surface area contributed by atoms with Crippen molar-refractivity contribution < 1.29 is 18.8 Å². The predicted octanol–water partition coefficient (Wildman–Crippen LogP) is 3.84. The van der Waals surface area contributed by atoms with Crippen LogP contribution in [0, 0.1) is 0 Å². The lowest BCUT2D eigenvalue weighted by Crippen LogP contribution is -2.32. The topological polar surface area (TPSA) is 76.8 Å². The molecule has 0 atom stereocenters. The van der Waals surface area contributed by atoms with Gasteiger partial charge in [0.15, 0.2) is 11.5 Å². The summed E-state index contributed by atoms with van der Waals surface area (Å²) < 4.78 is 16.0. The molecule has 4 rings (SSSR count). The number of carbonyl (C=O) groups is 1. The molecule has 0 bridgehead atoms. The van der Waals surface area contributed by atoms with Crippen LogP contribution in [0.3, 0.4) is 0 Å². The molecule has 0 spiro atoms. The highest BCUT2D eigenvalue weighted by molar-refractivity contribution is 7.99. The largest absolute Gasteiger partial charge is 0.497 e. The highest BCUT2D eigenvalue weighted by Crippen LogP contribution is 2.33. The van der Waals surface area contributed by atoms with E-state index in [-0.39, 0.29) is 11.6 Å². The minimum Gasteiger partial charge on any atom is -0.497 e. The zero-order valence-corrected chi connectivity index (χ0v) is 18.4. The third kappa shape index (κ3) is 4.96. The van der Waals surface area contributed by atoms with Crippen LogP contribution in [0.2, 0.25) is 0 Å². The Hall–Kier alpha value is -3.13. The normalized spacial score (nSPS) is 13.7. The van der Waals surface area contributed by atoms with Gasteiger partial charge in [-0.2, -0.15) is 11.8 Å². The summed E-state index contributed by atoms with van der Waals surface area (Å²) in [6.45, 7) is 2.57. The molecule has 1 N–H and O–H groups in total. The van der Waals surface area contributed by atoms with E-state index in [1.165, 1.54) is 17.2 Å². The summed E-state index contributed by atoms with van der Waals surface area (Å²) in [6, 6.07) is 15.3. The first-order valence-electron chi connectivity index (χ1n) is 10.1. The lowest BCUT2D eigenvalue weighted by molar-refractivity contribution is 0.0942. The maximum Gasteiger partial charge on any atom is 0.273 e. The second kappa shape index (κ2) is 9.78. The summed E-state index contributed by atoms with van der Waals surface area (Å²) in [5.41, 5.74) is 3.13. The molecular weight excluding hydrogens is 414 g/mol. The van der Waals surface area contributed by atoms with Crippen molar-refractivity contribution in [2.75, 3.05) is 43.7 Å². The van der Waals surface area contributed by atoms with E-state index in [9.17, 15) is 4.79 Å². The van der Waals surface area contributed by atoms with E-state index >= 15 is 0 Å². The molecule has 31 heavy (non-hydrogen) atoms. The van der Waals surface area contributed by atoms with Gasteiger partial charge in [-0.25, -0.2) is 0 Å². The Morgan fingerprint density at radius 1 is 1.10 bits per heavy atom. The molecule has 162 valence electrons. The molecule has 3 aromatic rings. The first-order chi connectivity index (χ1) is 15.2. The van der Waals surface area contributed by atoms with Crippen molar-refractivity contribution in [2.24, 2.45) is 0 Å². The van der Waals surface area contributed by atoms with Crippen LogP contribution in [0.15, 0.2) is 53.1 Å². The maximum atomic E-state index is 12.6. The SMILES string of the molecule is COc1ccc(OC)c(-c2cc(C(=O)NCc3ccc(N4CCSCC4)cc3)no2)c1. The lowest BCUT2D eigenvalue weighted by atomic mass is 10.1. The lowest BCUT2D eigenvalue weighted by Gasteiger charge is -2.28. The van der Waals surface area contributed by atoms with Crippen molar-refractivity contribution in [2.45, 2.75) is 6.54 Å². The number of hydrogen-bond acceptors (Lipinski definition) is 7. The van der Waals surface area contributed by atoms with Crippen LogP contribution >= 0.6 is 11.8 Å². The average molecular weight is 440 g/mol. The number of thioether (sulfide) groups is 1. The number of anilines is 1. The Bertz CT molecular complexity index is 1030. The molecule has 1 aromatic heterocycles. The second-order valence-electron chi connectivity index (χ2n) is 7.09. The predicted molar refractivity (Wildman–Crippen MR) is 122 cm³/mol. The number of amides is 1. The number of ether oxygens (including phenoxy) is 2. The first kappa shape index (κ1) is 21.1. The Morgan fingerprint density at radius 3 is 2.58 bits per heavy atom. The third-order valence-electron chi connectivity index (χ3n) is 5.18. The molecule has 0 radical (unpaired) electrons. The molecule has 0 saturated carbocycles. The number of aromatic nitrogens is 1. The summed E-state index contributed by atoms with van der Waals surface area (Å²) in [4.78, 5) is 14.9. The zero-order chi connectivity index (χ0) is 21.6. The van der Waals surface area contributed by atoms with Gasteiger partial charge in [0.2, 0.25) is 0 Å². The van der Waals surface area contributed by atoms with Crippen LogP contribution in [0.25, 0.3) is 11.3 Å². The van der Waals surface area contributed by atoms with Gasteiger partial charge < -0.3 is 24.2 Å². The van der Waals surface area contributed by atoms with Crippen LogP contribution in [0.5, 0.6) is 11.5 Å². The van der Waals surface area contributed by atoms with E-state index in [0.29, 0.717) is 29.4 Å². The summed E-state index contributed by atoms with van der Waals surface area (Å²) in [7, 11) is 3.16. The average Bonchev–Trinajstić information content (AvgIpc) is 3.33. The fourth-order valence-corrected chi connectivity index (χ4v) is 4.34. The maximum absolute atomic E-state index is 12.6. The van der Waals surface area contributed by atoms with E-state index in [1.54, 1.807) is 38.5 Å². The quantitative estimate of drug-likeness (QED) is 0.599. The third-order valence-corrected chi connectivity index (χ3v) is 6.12. The number of methoxy groups -OCH3 is 2. The number of rotatable bonds is 7. The second-order valence-corrected chi connectivity index (χ2v) is 8.32. The molecule has 1 saturated heterocycles. The standard InChI is InChI=1S/C23H25N3O4S/c1-28-18-7-8-21(29-2)19(13-18)22-14-20(25-30-22)23(27)24-15-16-3-5-17(6-4-16)26-9-11-31-12-10-26/h3-8,13-14H,9-12,15H2,1-2H3,(H,24,27). The van der Waals surface area contributed by atoms with Crippen molar-refractivity contribution in [1.29, 1.82) is 0 Å². The van der Waals surface area contributed by atoms with Crippen LogP contribution in [-0.2, 0) is 6.54 Å². The van der Waals surface area contributed by atoms with Gasteiger partial charge in [0, 0.05) is 42.9 Å². The van der Waals surface area contributed by atoms with Gasteiger partial charge in [0.1, 0.15) is 11.5 Å². The van der Waals surface area contributed by atoms with Crippen molar-refractivity contribution in [3.63, 3.8) is 0 Å². The van der Waals surface area contributed by atoms with Gasteiger partial charge in [-0.05, 0) is 35.9 Å². The Kier molecular flexibility index (Phi) is 6.66. The van der Waals surface area contributed by atoms with E-state index < -0.39 is 0 Å². The number of benzene rings is 2. The molecular formula is C23H25N3O4S. The monoisotopic (exact) mass is 439 g/mol. The first-order valence-corrected chi connectivity index (χ1v) is 11.2. The molecule has 0 aliphatic carbocycles. The number of hydrogen-bond donors (Lipinski definition) is 1. The summed E-state index contributed by atoms with van der Waals surface area (Å²) >= 11 is 1.99. The van der Waals surface area contributed by atoms with Crippen LogP contribution in [-0.4, -0.2) is 49.9 Å².